The summed E-state index contributed by atoms with van der Waals surface area (Å²) in [7, 11) is 0. The van der Waals surface area contributed by atoms with Gasteiger partial charge in [0.25, 0.3) is 0 Å². The molecule has 0 aromatic heterocycles. The normalized spacial score (nSPS) is 10.5. The predicted octanol–water partition coefficient (Wildman–Crippen LogP) is 5.38. The van der Waals surface area contributed by atoms with Crippen LogP contribution in [0.3, 0.4) is 0 Å². The smallest absolute Gasteiger partial charge is 0.00773 e. The minimum Gasteiger partial charge on any atom is -0.412 e. The van der Waals surface area contributed by atoms with Crippen LogP contribution in [0.2, 0.25) is 0 Å². The maximum atomic E-state index is 5.48. The van der Waals surface area contributed by atoms with Crippen LogP contribution in [0.1, 0.15) is 110 Å². The molecule has 0 spiro atoms. The van der Waals surface area contributed by atoms with E-state index >= 15 is 0 Å². The molecule has 2 heteroatoms. The maximum Gasteiger partial charge on any atom is -0.00773 e. The molecule has 0 aromatic rings. The van der Waals surface area contributed by atoms with Crippen molar-refractivity contribution in [2.24, 2.45) is 5.73 Å². The fourth-order valence-corrected chi connectivity index (χ4v) is 2.69. The zero-order valence-electron chi connectivity index (χ0n) is 14.1. The lowest BCUT2D eigenvalue weighted by Gasteiger charge is -2.03. The third-order valence-electron chi connectivity index (χ3n) is 4.06. The quantitative estimate of drug-likeness (QED) is 0.380. The number of hydrogen-bond donors (Lipinski definition) is 1. The lowest BCUT2D eigenvalue weighted by atomic mass is 10.0. The van der Waals surface area contributed by atoms with Crippen LogP contribution in [0.25, 0.3) is 0 Å². The topological polar surface area (TPSA) is 57.5 Å². The summed E-state index contributed by atoms with van der Waals surface area (Å²) in [4.78, 5) is 0. The molecule has 0 saturated heterocycles. The van der Waals surface area contributed by atoms with E-state index in [9.17, 15) is 0 Å². The van der Waals surface area contributed by atoms with Crippen LogP contribution in [0.5, 0.6) is 0 Å². The molecule has 0 fully saturated rings. The molecule has 0 aliphatic carbocycles. The summed E-state index contributed by atoms with van der Waals surface area (Å²) in [6, 6.07) is 0. The second-order valence-corrected chi connectivity index (χ2v) is 6.09. The predicted molar refractivity (Wildman–Crippen MR) is 92.2 cm³/mol. The highest BCUT2D eigenvalue weighted by molar-refractivity contribution is 4.49. The third-order valence-corrected chi connectivity index (χ3v) is 4.06. The fraction of sp³-hybridized carbons (Fsp3) is 1.00. The van der Waals surface area contributed by atoms with Crippen molar-refractivity contribution < 1.29 is 5.48 Å². The van der Waals surface area contributed by atoms with E-state index in [4.69, 9.17) is 5.73 Å². The molecule has 0 aromatic carbocycles. The number of rotatable bonds is 16. The Morgan fingerprint density at radius 2 is 0.700 bits per heavy atom. The Morgan fingerprint density at radius 1 is 0.450 bits per heavy atom. The number of hydrogen-bond acceptors (Lipinski definition) is 1. The molecule has 0 aliphatic heterocycles. The van der Waals surface area contributed by atoms with E-state index in [-0.39, 0.29) is 5.48 Å². The van der Waals surface area contributed by atoms with E-state index in [1.807, 2.05) is 0 Å². The second-order valence-electron chi connectivity index (χ2n) is 6.09. The Balaban J connectivity index is 0. The molecule has 0 saturated carbocycles. The van der Waals surface area contributed by atoms with Gasteiger partial charge in [0, 0.05) is 0 Å². The minimum absolute atomic E-state index is 0. The molecule has 0 bridgehead atoms. The lowest BCUT2D eigenvalue weighted by Crippen LogP contribution is -1.97. The van der Waals surface area contributed by atoms with E-state index in [0.29, 0.717) is 0 Å². The number of nitrogens with two attached hydrogens (primary N) is 1. The van der Waals surface area contributed by atoms with Gasteiger partial charge in [0.1, 0.15) is 0 Å². The van der Waals surface area contributed by atoms with Crippen molar-refractivity contribution in [2.75, 3.05) is 6.54 Å². The second kappa shape index (κ2) is 21.2. The summed E-state index contributed by atoms with van der Waals surface area (Å²) in [5, 5.41) is 0. The zero-order chi connectivity index (χ0) is 14.0. The van der Waals surface area contributed by atoms with Crippen LogP contribution in [-0.2, 0) is 0 Å². The van der Waals surface area contributed by atoms with Gasteiger partial charge >= 0.3 is 0 Å². The molecule has 0 rings (SSSR count). The molecule has 0 aliphatic rings. The highest BCUT2D eigenvalue weighted by Gasteiger charge is 1.94. The van der Waals surface area contributed by atoms with Crippen molar-refractivity contribution in [3.63, 3.8) is 0 Å². The minimum atomic E-state index is 0. The summed E-state index contributed by atoms with van der Waals surface area (Å²) in [6.45, 7) is 3.16. The van der Waals surface area contributed by atoms with E-state index in [1.54, 1.807) is 0 Å². The van der Waals surface area contributed by atoms with Gasteiger partial charge < -0.3 is 11.2 Å². The van der Waals surface area contributed by atoms with Crippen molar-refractivity contribution in [1.82, 2.24) is 0 Å². The average molecular weight is 288 g/mol. The molecule has 4 N–H and O–H groups in total. The Kier molecular flexibility index (Phi) is 23.6. The Morgan fingerprint density at radius 3 is 0.950 bits per heavy atom. The van der Waals surface area contributed by atoms with Gasteiger partial charge in [0.2, 0.25) is 0 Å². The Bertz CT molecular complexity index is 134. The van der Waals surface area contributed by atoms with Gasteiger partial charge in [-0.25, -0.2) is 0 Å². The molecule has 0 radical (unpaired) electrons. The Labute approximate surface area is 128 Å². The molecular formula is C18H41NO. The van der Waals surface area contributed by atoms with E-state index in [1.165, 1.54) is 103 Å². The van der Waals surface area contributed by atoms with Crippen LogP contribution in [0.4, 0.5) is 0 Å². The lowest BCUT2D eigenvalue weighted by molar-refractivity contribution is 0.530. The summed E-state index contributed by atoms with van der Waals surface area (Å²) in [5.74, 6) is 0. The van der Waals surface area contributed by atoms with Crippen molar-refractivity contribution in [2.45, 2.75) is 110 Å². The molecule has 0 atom stereocenters. The first-order chi connectivity index (χ1) is 9.41. The van der Waals surface area contributed by atoms with Crippen LogP contribution < -0.4 is 5.73 Å². The van der Waals surface area contributed by atoms with Gasteiger partial charge in [-0.05, 0) is 13.0 Å². The highest BCUT2D eigenvalue weighted by Crippen LogP contribution is 2.13. The van der Waals surface area contributed by atoms with Gasteiger partial charge in [-0.3, -0.25) is 0 Å². The summed E-state index contributed by atoms with van der Waals surface area (Å²) in [5.41, 5.74) is 5.48. The van der Waals surface area contributed by atoms with Crippen molar-refractivity contribution in [3.8, 4) is 0 Å². The van der Waals surface area contributed by atoms with Gasteiger partial charge in [-0.2, -0.15) is 0 Å². The zero-order valence-corrected chi connectivity index (χ0v) is 14.1. The van der Waals surface area contributed by atoms with Crippen molar-refractivity contribution in [3.05, 3.63) is 0 Å². The summed E-state index contributed by atoms with van der Waals surface area (Å²) < 4.78 is 0. The molecule has 2 nitrogen and oxygen atoms in total. The largest absolute Gasteiger partial charge is 0.412 e. The molecule has 20 heavy (non-hydrogen) atoms. The van der Waals surface area contributed by atoms with E-state index in [0.717, 1.165) is 6.54 Å². The van der Waals surface area contributed by atoms with Crippen LogP contribution in [0.15, 0.2) is 0 Å². The summed E-state index contributed by atoms with van der Waals surface area (Å²) in [6.07, 6.45) is 22.9. The molecule has 124 valence electrons. The molecular weight excluding hydrogens is 246 g/mol. The van der Waals surface area contributed by atoms with Crippen LogP contribution in [-0.4, -0.2) is 12.0 Å². The standard InChI is InChI=1S/C18H39N.H2O/c1-2-3-4-5-6-7-8-9-10-11-12-13-14-15-16-17-18-19;/h2-19H2,1H3;1H2. The fourth-order valence-electron chi connectivity index (χ4n) is 2.69. The van der Waals surface area contributed by atoms with Gasteiger partial charge in [0.15, 0.2) is 0 Å². The molecule has 0 unspecified atom stereocenters. The first-order valence-electron chi connectivity index (χ1n) is 9.12. The third kappa shape index (κ3) is 20.2. The van der Waals surface area contributed by atoms with Gasteiger partial charge in [0.05, 0.1) is 0 Å². The average Bonchev–Trinajstić information content (AvgIpc) is 2.43. The van der Waals surface area contributed by atoms with Crippen molar-refractivity contribution >= 4 is 0 Å². The first-order valence-corrected chi connectivity index (χ1v) is 9.12. The maximum absolute atomic E-state index is 5.48. The van der Waals surface area contributed by atoms with Crippen molar-refractivity contribution in [1.29, 1.82) is 0 Å². The Hall–Kier alpha value is -0.0800. The molecule has 0 amide bonds. The SMILES string of the molecule is CCCCCCCCCCCCCCCCCCN.O. The summed E-state index contributed by atoms with van der Waals surface area (Å²) >= 11 is 0. The van der Waals surface area contributed by atoms with Gasteiger partial charge in [-0.1, -0.05) is 103 Å². The molecule has 0 heterocycles. The van der Waals surface area contributed by atoms with E-state index < -0.39 is 0 Å². The van der Waals surface area contributed by atoms with Crippen LogP contribution in [0, 0.1) is 0 Å². The number of unbranched alkanes of at least 4 members (excludes halogenated alkanes) is 15. The van der Waals surface area contributed by atoms with E-state index in [2.05, 4.69) is 6.92 Å². The van der Waals surface area contributed by atoms with Gasteiger partial charge in [-0.15, -0.1) is 0 Å². The van der Waals surface area contributed by atoms with Crippen LogP contribution >= 0.6 is 0 Å². The first kappa shape index (κ1) is 22.2. The monoisotopic (exact) mass is 287 g/mol. The highest BCUT2D eigenvalue weighted by atomic mass is 16.0.